The molecule has 0 unspecified atom stereocenters. The molecule has 20 heavy (non-hydrogen) atoms. The van der Waals surface area contributed by atoms with E-state index in [2.05, 4.69) is 18.7 Å². The fourth-order valence-electron chi connectivity index (χ4n) is 2.35. The van der Waals surface area contributed by atoms with Crippen molar-refractivity contribution >= 4 is 11.4 Å². The Labute approximate surface area is 120 Å². The van der Waals surface area contributed by atoms with Crippen LogP contribution in [0.3, 0.4) is 0 Å². The normalized spacial score (nSPS) is 14.7. The second kappa shape index (κ2) is 6.33. The van der Waals surface area contributed by atoms with Gasteiger partial charge in [-0.1, -0.05) is 20.8 Å². The van der Waals surface area contributed by atoms with Gasteiger partial charge in [-0.2, -0.15) is 0 Å². The number of nitrogen functional groups attached to an aromatic ring is 1. The maximum atomic E-state index is 13.9. The highest BCUT2D eigenvalue weighted by atomic mass is 19.1. The van der Waals surface area contributed by atoms with Crippen LogP contribution in [0.25, 0.3) is 0 Å². The molecule has 1 aliphatic rings. The first-order valence-electron chi connectivity index (χ1n) is 7.51. The average molecular weight is 280 g/mol. The largest absolute Gasteiger partial charge is 0.490 e. The number of nitrogens with zero attached hydrogens (tertiary/aromatic N) is 1. The van der Waals surface area contributed by atoms with E-state index in [4.69, 9.17) is 10.5 Å². The minimum Gasteiger partial charge on any atom is -0.490 e. The monoisotopic (exact) mass is 280 g/mol. The van der Waals surface area contributed by atoms with E-state index < -0.39 is 0 Å². The van der Waals surface area contributed by atoms with Gasteiger partial charge in [0.15, 0.2) is 11.6 Å². The van der Waals surface area contributed by atoms with Crippen LogP contribution in [0.2, 0.25) is 0 Å². The summed E-state index contributed by atoms with van der Waals surface area (Å²) in [6.45, 7) is 7.83. The summed E-state index contributed by atoms with van der Waals surface area (Å²) in [6, 6.07) is 3.70. The molecule has 1 saturated carbocycles. The summed E-state index contributed by atoms with van der Waals surface area (Å²) in [6.07, 6.45) is 3.24. The molecule has 0 aliphatic heterocycles. The van der Waals surface area contributed by atoms with Crippen molar-refractivity contribution in [1.29, 1.82) is 0 Å². The van der Waals surface area contributed by atoms with Gasteiger partial charge in [-0.25, -0.2) is 4.39 Å². The molecule has 2 N–H and O–H groups in total. The van der Waals surface area contributed by atoms with Gasteiger partial charge in [0.25, 0.3) is 0 Å². The van der Waals surface area contributed by atoms with Gasteiger partial charge in [-0.15, -0.1) is 0 Å². The standard InChI is InChI=1S/C16H25FN2O/c1-4-7-20-16-9-15(14(18)8-13(16)17)19(10-11(2)3)12-5-6-12/h8-9,11-12H,4-7,10,18H2,1-3H3. The van der Waals surface area contributed by atoms with Crippen LogP contribution < -0.4 is 15.4 Å². The van der Waals surface area contributed by atoms with Gasteiger partial charge in [0, 0.05) is 24.7 Å². The quantitative estimate of drug-likeness (QED) is 0.772. The number of rotatable bonds is 7. The minimum atomic E-state index is -0.375. The first kappa shape index (κ1) is 14.9. The predicted octanol–water partition coefficient (Wildman–Crippen LogP) is 3.82. The topological polar surface area (TPSA) is 38.5 Å². The van der Waals surface area contributed by atoms with Crippen LogP contribution in [0.15, 0.2) is 12.1 Å². The van der Waals surface area contributed by atoms with Crippen LogP contribution in [0.5, 0.6) is 5.75 Å². The van der Waals surface area contributed by atoms with E-state index in [9.17, 15) is 4.39 Å². The predicted molar refractivity (Wildman–Crippen MR) is 81.8 cm³/mol. The van der Waals surface area contributed by atoms with Crippen LogP contribution in [0.4, 0.5) is 15.8 Å². The van der Waals surface area contributed by atoms with Crippen molar-refractivity contribution in [3.05, 3.63) is 17.9 Å². The Balaban J connectivity index is 2.27. The molecule has 0 bridgehead atoms. The van der Waals surface area contributed by atoms with Crippen LogP contribution in [0.1, 0.15) is 40.0 Å². The summed E-state index contributed by atoms with van der Waals surface area (Å²) in [7, 11) is 0. The molecule has 1 aliphatic carbocycles. The molecule has 1 fully saturated rings. The molecule has 0 saturated heterocycles. The van der Waals surface area contributed by atoms with Crippen molar-refractivity contribution < 1.29 is 9.13 Å². The molecule has 0 amide bonds. The Hall–Kier alpha value is -1.45. The highest BCUT2D eigenvalue weighted by Crippen LogP contribution is 2.38. The van der Waals surface area contributed by atoms with Crippen molar-refractivity contribution in [2.45, 2.75) is 46.1 Å². The van der Waals surface area contributed by atoms with E-state index in [1.807, 2.05) is 6.92 Å². The third-order valence-corrected chi connectivity index (χ3v) is 3.40. The SMILES string of the molecule is CCCOc1cc(N(CC(C)C)C2CC2)c(N)cc1F. The van der Waals surface area contributed by atoms with Gasteiger partial charge in [0.2, 0.25) is 0 Å². The molecule has 1 aromatic carbocycles. The summed E-state index contributed by atoms with van der Waals surface area (Å²) >= 11 is 0. The maximum Gasteiger partial charge on any atom is 0.167 e. The van der Waals surface area contributed by atoms with Gasteiger partial charge in [0.1, 0.15) is 0 Å². The Morgan fingerprint density at radius 2 is 2.10 bits per heavy atom. The molecule has 0 radical (unpaired) electrons. The van der Waals surface area contributed by atoms with Gasteiger partial charge < -0.3 is 15.4 Å². The zero-order valence-electron chi connectivity index (χ0n) is 12.7. The molecule has 4 heteroatoms. The second-order valence-corrected chi connectivity index (χ2v) is 5.97. The van der Waals surface area contributed by atoms with Gasteiger partial charge >= 0.3 is 0 Å². The molecule has 0 aromatic heterocycles. The summed E-state index contributed by atoms with van der Waals surface area (Å²) in [5.41, 5.74) is 7.43. The summed E-state index contributed by atoms with van der Waals surface area (Å²) in [5, 5.41) is 0. The summed E-state index contributed by atoms with van der Waals surface area (Å²) < 4.78 is 19.4. The number of halogens is 1. The average Bonchev–Trinajstić information content (AvgIpc) is 3.19. The first-order valence-corrected chi connectivity index (χ1v) is 7.51. The van der Waals surface area contributed by atoms with Gasteiger partial charge in [-0.3, -0.25) is 0 Å². The number of hydrogen-bond donors (Lipinski definition) is 1. The second-order valence-electron chi connectivity index (χ2n) is 5.97. The molecule has 112 valence electrons. The van der Waals surface area contributed by atoms with Crippen molar-refractivity contribution in [2.75, 3.05) is 23.8 Å². The summed E-state index contributed by atoms with van der Waals surface area (Å²) in [4.78, 5) is 2.30. The van der Waals surface area contributed by atoms with E-state index in [0.717, 1.165) is 18.7 Å². The number of ether oxygens (including phenoxy) is 1. The van der Waals surface area contributed by atoms with E-state index >= 15 is 0 Å². The van der Waals surface area contributed by atoms with Crippen molar-refractivity contribution in [2.24, 2.45) is 5.92 Å². The number of anilines is 2. The van der Waals surface area contributed by atoms with E-state index in [1.54, 1.807) is 6.07 Å². The molecule has 3 nitrogen and oxygen atoms in total. The number of benzene rings is 1. The minimum absolute atomic E-state index is 0.311. The van der Waals surface area contributed by atoms with Gasteiger partial charge in [0.05, 0.1) is 18.0 Å². The van der Waals surface area contributed by atoms with Crippen LogP contribution in [0, 0.1) is 11.7 Å². The highest BCUT2D eigenvalue weighted by molar-refractivity contribution is 5.71. The maximum absolute atomic E-state index is 13.9. The van der Waals surface area contributed by atoms with E-state index in [0.29, 0.717) is 30.0 Å². The molecule has 1 aromatic rings. The van der Waals surface area contributed by atoms with Crippen LogP contribution >= 0.6 is 0 Å². The van der Waals surface area contributed by atoms with Crippen molar-refractivity contribution in [3.8, 4) is 5.75 Å². The lowest BCUT2D eigenvalue weighted by Gasteiger charge is -2.28. The van der Waals surface area contributed by atoms with Crippen LogP contribution in [-0.2, 0) is 0 Å². The molecular weight excluding hydrogens is 255 g/mol. The lowest BCUT2D eigenvalue weighted by molar-refractivity contribution is 0.301. The fraction of sp³-hybridized carbons (Fsp3) is 0.625. The Morgan fingerprint density at radius 3 is 2.65 bits per heavy atom. The van der Waals surface area contributed by atoms with Gasteiger partial charge in [-0.05, 0) is 25.2 Å². The summed E-state index contributed by atoms with van der Waals surface area (Å²) in [5.74, 6) is 0.477. The lowest BCUT2D eigenvalue weighted by Crippen LogP contribution is -2.30. The third-order valence-electron chi connectivity index (χ3n) is 3.40. The Kier molecular flexibility index (Phi) is 4.73. The molecule has 0 spiro atoms. The lowest BCUT2D eigenvalue weighted by atomic mass is 10.1. The molecule has 2 rings (SSSR count). The number of nitrogens with two attached hydrogens (primary N) is 1. The first-order chi connectivity index (χ1) is 9.52. The molecular formula is C16H25FN2O. The number of hydrogen-bond acceptors (Lipinski definition) is 3. The fourth-order valence-corrected chi connectivity index (χ4v) is 2.35. The smallest absolute Gasteiger partial charge is 0.167 e. The third kappa shape index (κ3) is 3.56. The highest BCUT2D eigenvalue weighted by Gasteiger charge is 2.31. The zero-order chi connectivity index (χ0) is 14.7. The van der Waals surface area contributed by atoms with Crippen molar-refractivity contribution in [3.63, 3.8) is 0 Å². The van der Waals surface area contributed by atoms with Crippen molar-refractivity contribution in [1.82, 2.24) is 0 Å². The zero-order valence-corrected chi connectivity index (χ0v) is 12.7. The van der Waals surface area contributed by atoms with Crippen LogP contribution in [-0.4, -0.2) is 19.2 Å². The Bertz CT molecular complexity index is 458. The van der Waals surface area contributed by atoms with E-state index in [-0.39, 0.29) is 5.82 Å². The van der Waals surface area contributed by atoms with E-state index in [1.165, 1.54) is 18.9 Å². The Morgan fingerprint density at radius 1 is 1.40 bits per heavy atom. The molecule has 0 atom stereocenters. The molecule has 0 heterocycles.